The van der Waals surface area contributed by atoms with Crippen molar-refractivity contribution >= 4 is 44.0 Å². The minimum atomic E-state index is -3.98. The van der Waals surface area contributed by atoms with Crippen LogP contribution >= 0.6 is 11.6 Å². The molecule has 2 aromatic carbocycles. The van der Waals surface area contributed by atoms with Gasteiger partial charge in [0.15, 0.2) is 0 Å². The lowest BCUT2D eigenvalue weighted by atomic mass is 9.92. The average molecular weight is 569 g/mol. The van der Waals surface area contributed by atoms with E-state index in [1.54, 1.807) is 24.4 Å². The average Bonchev–Trinajstić information content (AvgIpc) is 2.94. The number of nitrogens with zero attached hydrogens (tertiary/aromatic N) is 2. The van der Waals surface area contributed by atoms with Crippen molar-refractivity contribution in [2.24, 2.45) is 5.73 Å². The molecule has 11 heteroatoms. The molecule has 9 nitrogen and oxygen atoms in total. The molecule has 0 amide bonds. The van der Waals surface area contributed by atoms with E-state index in [9.17, 15) is 8.42 Å². The summed E-state index contributed by atoms with van der Waals surface area (Å²) in [5.74, 6) is -0.835. The minimum Gasteiger partial charge on any atom is -0.351 e. The molecule has 0 radical (unpaired) electrons. The van der Waals surface area contributed by atoms with E-state index in [1.807, 2.05) is 18.3 Å². The molecule has 0 saturated heterocycles. The van der Waals surface area contributed by atoms with E-state index in [0.29, 0.717) is 18.0 Å². The van der Waals surface area contributed by atoms with Crippen molar-refractivity contribution in [3.63, 3.8) is 0 Å². The first-order chi connectivity index (χ1) is 18.7. The maximum Gasteiger partial charge on any atom is 0.246 e. The van der Waals surface area contributed by atoms with Gasteiger partial charge in [-0.25, -0.2) is 18.4 Å². The van der Waals surface area contributed by atoms with Crippen molar-refractivity contribution < 1.29 is 13.2 Å². The van der Waals surface area contributed by atoms with Gasteiger partial charge < -0.3 is 21.1 Å². The molecule has 3 aromatic rings. The molecular weight excluding hydrogens is 536 g/mol. The van der Waals surface area contributed by atoms with Gasteiger partial charge in [0.25, 0.3) is 0 Å². The van der Waals surface area contributed by atoms with E-state index in [-0.39, 0.29) is 9.92 Å². The number of aromatic nitrogens is 2. The van der Waals surface area contributed by atoms with E-state index in [2.05, 4.69) is 33.3 Å². The Labute approximate surface area is 233 Å². The van der Waals surface area contributed by atoms with Gasteiger partial charge in [-0.2, -0.15) is 4.72 Å². The number of sulfonamides is 1. The van der Waals surface area contributed by atoms with Crippen LogP contribution in [0.25, 0.3) is 16.5 Å². The molecule has 1 aromatic heterocycles. The molecule has 2 heterocycles. The molecule has 1 unspecified atom stereocenters. The van der Waals surface area contributed by atoms with Crippen LogP contribution in [0.1, 0.15) is 43.7 Å². The number of rotatable bonds is 8. The number of halogens is 1. The first-order valence-corrected chi connectivity index (χ1v) is 14.9. The number of dihydropyridines is 1. The molecule has 1 aliphatic carbocycles. The largest absolute Gasteiger partial charge is 0.351 e. The highest BCUT2D eigenvalue weighted by molar-refractivity contribution is 7.89. The van der Waals surface area contributed by atoms with Crippen molar-refractivity contribution in [3.05, 3.63) is 77.1 Å². The first-order valence-electron chi connectivity index (χ1n) is 13.0. The third-order valence-electron chi connectivity index (χ3n) is 7.26. The number of nitrogens with two attached hydrogens (primary N) is 1. The fourth-order valence-corrected chi connectivity index (χ4v) is 6.73. The molecule has 0 bridgehead atoms. The van der Waals surface area contributed by atoms with Gasteiger partial charge in [0.1, 0.15) is 4.90 Å². The van der Waals surface area contributed by atoms with Gasteiger partial charge in [-0.3, -0.25) is 0 Å². The second-order valence-electron chi connectivity index (χ2n) is 9.93. The standard InChI is InChI=1S/C28H33ClN6O3S/c1-3-18-14-20(15-21-16-31-27(34-26(18)21)33-23-10-8-22(30)9-11-23)19-12-13-28(38-2,32-17-19)35-39(36,37)25-7-5-4-6-24(25)29/h4-7,12-17,22-23,32,35H,3,8-11,30H2,1-2H3,(H,31,33,34). The van der Waals surface area contributed by atoms with Crippen molar-refractivity contribution in [3.8, 4) is 0 Å². The molecule has 2 aliphatic rings. The van der Waals surface area contributed by atoms with E-state index in [0.717, 1.165) is 59.7 Å². The lowest BCUT2D eigenvalue weighted by molar-refractivity contribution is 0.00384. The summed E-state index contributed by atoms with van der Waals surface area (Å²) in [4.78, 5) is 9.39. The number of ether oxygens (including phenoxy) is 1. The van der Waals surface area contributed by atoms with E-state index >= 15 is 0 Å². The van der Waals surface area contributed by atoms with E-state index in [4.69, 9.17) is 27.1 Å². The Hall–Kier alpha value is -3.02. The van der Waals surface area contributed by atoms with Crippen LogP contribution in [0, 0.1) is 0 Å². The van der Waals surface area contributed by atoms with Crippen molar-refractivity contribution in [2.75, 3.05) is 12.4 Å². The lowest BCUT2D eigenvalue weighted by Crippen LogP contribution is -2.57. The molecule has 1 aliphatic heterocycles. The van der Waals surface area contributed by atoms with Gasteiger partial charge >= 0.3 is 0 Å². The molecule has 1 atom stereocenters. The van der Waals surface area contributed by atoms with Gasteiger partial charge in [0.2, 0.25) is 21.8 Å². The smallest absolute Gasteiger partial charge is 0.246 e. The van der Waals surface area contributed by atoms with Gasteiger partial charge in [-0.05, 0) is 79.1 Å². The third kappa shape index (κ3) is 5.95. The Morgan fingerprint density at radius 1 is 1.21 bits per heavy atom. The summed E-state index contributed by atoms with van der Waals surface area (Å²) in [6.45, 7) is 2.10. The normalized spacial score (nSPS) is 23.3. The Morgan fingerprint density at radius 2 is 1.97 bits per heavy atom. The van der Waals surface area contributed by atoms with Crippen LogP contribution in [0.2, 0.25) is 5.02 Å². The number of aryl methyl sites for hydroxylation is 1. The lowest BCUT2D eigenvalue weighted by Gasteiger charge is -2.33. The Kier molecular flexibility index (Phi) is 7.93. The van der Waals surface area contributed by atoms with Crippen LogP contribution in [-0.4, -0.2) is 43.4 Å². The molecule has 1 fully saturated rings. The number of fused-ring (bicyclic) bond motifs is 1. The number of nitrogens with one attached hydrogen (secondary N) is 3. The zero-order chi connectivity index (χ0) is 27.6. The summed E-state index contributed by atoms with van der Waals surface area (Å²) in [7, 11) is -2.56. The molecule has 1 saturated carbocycles. The van der Waals surface area contributed by atoms with Gasteiger partial charge in [0.05, 0.1) is 10.5 Å². The zero-order valence-electron chi connectivity index (χ0n) is 21.9. The monoisotopic (exact) mass is 568 g/mol. The van der Waals surface area contributed by atoms with Crippen molar-refractivity contribution in [2.45, 2.75) is 61.9 Å². The predicted molar refractivity (Wildman–Crippen MR) is 155 cm³/mol. The molecule has 0 spiro atoms. The summed E-state index contributed by atoms with van der Waals surface area (Å²) in [5.41, 5.74) is 9.86. The van der Waals surface area contributed by atoms with Crippen LogP contribution in [-0.2, 0) is 21.2 Å². The maximum absolute atomic E-state index is 13.0. The highest BCUT2D eigenvalue weighted by atomic mass is 35.5. The molecule has 5 rings (SSSR count). The molecule has 5 N–H and O–H groups in total. The Bertz CT molecular complexity index is 1540. The summed E-state index contributed by atoms with van der Waals surface area (Å²) in [6, 6.07) is 11.0. The quantitative estimate of drug-likeness (QED) is 0.296. The number of methoxy groups -OCH3 is 1. The van der Waals surface area contributed by atoms with Crippen molar-refractivity contribution in [1.82, 2.24) is 20.0 Å². The zero-order valence-corrected chi connectivity index (χ0v) is 23.5. The second-order valence-corrected chi connectivity index (χ2v) is 12.0. The fourth-order valence-electron chi connectivity index (χ4n) is 4.99. The van der Waals surface area contributed by atoms with Gasteiger partial charge in [-0.15, -0.1) is 0 Å². The Balaban J connectivity index is 1.37. The summed E-state index contributed by atoms with van der Waals surface area (Å²) in [5, 5.41) is 7.60. The second kappa shape index (κ2) is 11.2. The number of hydrogen-bond donors (Lipinski definition) is 4. The molecular formula is C28H33ClN6O3S. The SMILES string of the molecule is CCc1cc(C2=CNC(NS(=O)(=O)c3ccccc3Cl)(OC)C=C2)cc2cnc(NC3CCC(N)CC3)nc12. The topological polar surface area (TPSA) is 131 Å². The van der Waals surface area contributed by atoms with Gasteiger partial charge in [0, 0.05) is 37.0 Å². The number of anilines is 1. The summed E-state index contributed by atoms with van der Waals surface area (Å²) >= 11 is 6.13. The third-order valence-corrected chi connectivity index (χ3v) is 9.20. The van der Waals surface area contributed by atoms with E-state index < -0.39 is 15.9 Å². The predicted octanol–water partition coefficient (Wildman–Crippen LogP) is 4.31. The van der Waals surface area contributed by atoms with Crippen molar-refractivity contribution in [1.29, 1.82) is 0 Å². The van der Waals surface area contributed by atoms with Gasteiger partial charge in [-0.1, -0.05) is 36.7 Å². The molecule has 39 heavy (non-hydrogen) atoms. The summed E-state index contributed by atoms with van der Waals surface area (Å²) in [6.07, 6.45) is 11.9. The number of allylic oxidation sites excluding steroid dienone is 2. The van der Waals surface area contributed by atoms with Crippen LogP contribution in [0.4, 0.5) is 5.95 Å². The Morgan fingerprint density at radius 3 is 2.64 bits per heavy atom. The first kappa shape index (κ1) is 27.5. The van der Waals surface area contributed by atoms with Crippen LogP contribution in [0.15, 0.2) is 65.8 Å². The van der Waals surface area contributed by atoms with Crippen LogP contribution in [0.3, 0.4) is 0 Å². The fraction of sp³-hybridized carbons (Fsp3) is 0.357. The minimum absolute atomic E-state index is 0.0314. The van der Waals surface area contributed by atoms with Crippen LogP contribution < -0.4 is 21.1 Å². The summed E-state index contributed by atoms with van der Waals surface area (Å²) < 4.78 is 34.2. The number of benzene rings is 2. The molecule has 206 valence electrons. The maximum atomic E-state index is 13.0. The highest BCUT2D eigenvalue weighted by Gasteiger charge is 2.35. The number of hydrogen-bond acceptors (Lipinski definition) is 8. The highest BCUT2D eigenvalue weighted by Crippen LogP contribution is 2.29. The van der Waals surface area contributed by atoms with Crippen LogP contribution in [0.5, 0.6) is 0 Å². The van der Waals surface area contributed by atoms with E-state index in [1.165, 1.54) is 19.2 Å².